The number of aryl methyl sites for hydroxylation is 1. The number of aromatic nitrogens is 2. The third-order valence-electron chi connectivity index (χ3n) is 2.85. The zero-order chi connectivity index (χ0) is 12.4. The third-order valence-corrected chi connectivity index (χ3v) is 3.63. The van der Waals surface area contributed by atoms with Gasteiger partial charge < -0.3 is 4.57 Å². The van der Waals surface area contributed by atoms with Gasteiger partial charge >= 0.3 is 0 Å². The highest BCUT2D eigenvalue weighted by molar-refractivity contribution is 7.98. The fraction of sp³-hybridized carbons (Fsp3) is 0.231. The summed E-state index contributed by atoms with van der Waals surface area (Å²) in [5.41, 5.74) is 3.67. The zero-order valence-corrected chi connectivity index (χ0v) is 10.9. The lowest BCUT2D eigenvalue weighted by atomic mass is 10.2. The van der Waals surface area contributed by atoms with Crippen molar-refractivity contribution in [3.63, 3.8) is 0 Å². The fourth-order valence-electron chi connectivity index (χ4n) is 1.74. The average molecular weight is 243 g/mol. The number of hydrogen-bond acceptors (Lipinski definition) is 3. The predicted molar refractivity (Wildman–Crippen MR) is 69.5 cm³/mol. The summed E-state index contributed by atoms with van der Waals surface area (Å²) in [4.78, 5) is 5.27. The van der Waals surface area contributed by atoms with Gasteiger partial charge in [-0.25, -0.2) is 4.98 Å². The second-order valence-electron chi connectivity index (χ2n) is 3.75. The summed E-state index contributed by atoms with van der Waals surface area (Å²) in [5.74, 6) is 0. The van der Waals surface area contributed by atoms with Gasteiger partial charge in [-0.2, -0.15) is 5.26 Å². The van der Waals surface area contributed by atoms with Gasteiger partial charge in [0.15, 0.2) is 0 Å². The minimum Gasteiger partial charge on any atom is -0.302 e. The Balaban J connectivity index is 2.68. The molecular weight excluding hydrogens is 230 g/mol. The highest BCUT2D eigenvalue weighted by atomic mass is 32.2. The normalized spacial score (nSPS) is 10.2. The Hall–Kier alpha value is -1.73. The molecule has 2 rings (SSSR count). The quantitative estimate of drug-likeness (QED) is 0.761. The largest absolute Gasteiger partial charge is 0.302 e. The van der Waals surface area contributed by atoms with Crippen LogP contribution in [0.15, 0.2) is 29.4 Å². The lowest BCUT2D eigenvalue weighted by molar-refractivity contribution is 0.988. The lowest BCUT2D eigenvalue weighted by Crippen LogP contribution is -1.99. The summed E-state index contributed by atoms with van der Waals surface area (Å²) in [6.07, 6.45) is 3.75. The molecule has 0 bridgehead atoms. The van der Waals surface area contributed by atoms with E-state index < -0.39 is 0 Å². The van der Waals surface area contributed by atoms with Crippen molar-refractivity contribution in [1.29, 1.82) is 5.26 Å². The molecule has 4 heteroatoms. The van der Waals surface area contributed by atoms with Gasteiger partial charge in [0.25, 0.3) is 0 Å². The van der Waals surface area contributed by atoms with Crippen molar-refractivity contribution in [2.24, 2.45) is 0 Å². The SMILES string of the molecule is CSc1cccc(-n2cnc(C)c2C)c1C#N. The van der Waals surface area contributed by atoms with E-state index in [0.717, 1.165) is 22.0 Å². The molecule has 0 saturated carbocycles. The minimum absolute atomic E-state index is 0.709. The Morgan fingerprint density at radius 2 is 2.12 bits per heavy atom. The van der Waals surface area contributed by atoms with Crippen molar-refractivity contribution in [3.05, 3.63) is 41.5 Å². The van der Waals surface area contributed by atoms with E-state index in [-0.39, 0.29) is 0 Å². The molecule has 0 saturated heterocycles. The van der Waals surface area contributed by atoms with E-state index in [1.165, 1.54) is 0 Å². The molecule has 0 aliphatic heterocycles. The van der Waals surface area contributed by atoms with Crippen LogP contribution in [0, 0.1) is 25.2 Å². The van der Waals surface area contributed by atoms with Crippen LogP contribution in [0.3, 0.4) is 0 Å². The monoisotopic (exact) mass is 243 g/mol. The number of imidazole rings is 1. The van der Waals surface area contributed by atoms with Crippen LogP contribution in [0.5, 0.6) is 0 Å². The zero-order valence-electron chi connectivity index (χ0n) is 10.1. The molecule has 17 heavy (non-hydrogen) atoms. The molecule has 0 N–H and O–H groups in total. The van der Waals surface area contributed by atoms with Crippen LogP contribution in [0.25, 0.3) is 5.69 Å². The van der Waals surface area contributed by atoms with Crippen molar-refractivity contribution >= 4 is 11.8 Å². The molecular formula is C13H13N3S. The summed E-state index contributed by atoms with van der Waals surface area (Å²) < 4.78 is 1.97. The van der Waals surface area contributed by atoms with Crippen LogP contribution in [0.2, 0.25) is 0 Å². The molecule has 0 aliphatic carbocycles. The molecule has 1 aromatic carbocycles. The first-order chi connectivity index (χ1) is 8.19. The van der Waals surface area contributed by atoms with E-state index in [9.17, 15) is 5.26 Å². The van der Waals surface area contributed by atoms with Gasteiger partial charge in [0.1, 0.15) is 6.07 Å². The highest BCUT2D eigenvalue weighted by Crippen LogP contribution is 2.26. The van der Waals surface area contributed by atoms with Gasteiger partial charge in [0.05, 0.1) is 23.3 Å². The Morgan fingerprint density at radius 3 is 2.65 bits per heavy atom. The van der Waals surface area contributed by atoms with Gasteiger partial charge in [0.2, 0.25) is 0 Å². The van der Waals surface area contributed by atoms with Crippen molar-refractivity contribution < 1.29 is 0 Å². The van der Waals surface area contributed by atoms with Crippen LogP contribution in [0.1, 0.15) is 17.0 Å². The van der Waals surface area contributed by atoms with E-state index in [4.69, 9.17) is 0 Å². The molecule has 86 valence electrons. The number of rotatable bonds is 2. The second kappa shape index (κ2) is 4.64. The number of nitriles is 1. The fourth-order valence-corrected chi connectivity index (χ4v) is 2.31. The van der Waals surface area contributed by atoms with Crippen LogP contribution in [0.4, 0.5) is 0 Å². The number of nitrogens with zero attached hydrogens (tertiary/aromatic N) is 3. The van der Waals surface area contributed by atoms with Gasteiger partial charge in [-0.1, -0.05) is 6.07 Å². The molecule has 0 unspecified atom stereocenters. The molecule has 0 fully saturated rings. The van der Waals surface area contributed by atoms with Crippen molar-refractivity contribution in [3.8, 4) is 11.8 Å². The molecule has 1 heterocycles. The maximum Gasteiger partial charge on any atom is 0.103 e. The maximum atomic E-state index is 9.29. The van der Waals surface area contributed by atoms with Gasteiger partial charge in [0, 0.05) is 10.6 Å². The first-order valence-corrected chi connectivity index (χ1v) is 6.49. The van der Waals surface area contributed by atoms with Crippen LogP contribution < -0.4 is 0 Å². The first-order valence-electron chi connectivity index (χ1n) is 5.27. The summed E-state index contributed by atoms with van der Waals surface area (Å²) in [5, 5.41) is 9.29. The molecule has 3 nitrogen and oxygen atoms in total. The van der Waals surface area contributed by atoms with Gasteiger partial charge in [-0.05, 0) is 32.2 Å². The van der Waals surface area contributed by atoms with E-state index in [2.05, 4.69) is 11.1 Å². The summed E-state index contributed by atoms with van der Waals surface area (Å²) in [7, 11) is 0. The van der Waals surface area contributed by atoms with Gasteiger partial charge in [-0.3, -0.25) is 0 Å². The van der Waals surface area contributed by atoms with E-state index >= 15 is 0 Å². The van der Waals surface area contributed by atoms with E-state index in [1.54, 1.807) is 18.1 Å². The van der Waals surface area contributed by atoms with Crippen molar-refractivity contribution in [1.82, 2.24) is 9.55 Å². The van der Waals surface area contributed by atoms with Crippen LogP contribution >= 0.6 is 11.8 Å². The standard InChI is InChI=1S/C13H13N3S/c1-9-10(2)16(8-15-9)12-5-4-6-13(17-3)11(12)7-14/h4-6,8H,1-3H3. The molecule has 0 aliphatic rings. The Morgan fingerprint density at radius 1 is 1.35 bits per heavy atom. The Bertz CT molecular complexity index is 593. The first kappa shape index (κ1) is 11.7. The van der Waals surface area contributed by atoms with Gasteiger partial charge in [-0.15, -0.1) is 11.8 Å². The van der Waals surface area contributed by atoms with Crippen molar-refractivity contribution in [2.75, 3.05) is 6.26 Å². The number of thioether (sulfide) groups is 1. The topological polar surface area (TPSA) is 41.6 Å². The van der Waals surface area contributed by atoms with Crippen LogP contribution in [-0.4, -0.2) is 15.8 Å². The molecule has 0 atom stereocenters. The summed E-state index contributed by atoms with van der Waals surface area (Å²) in [6, 6.07) is 8.16. The second-order valence-corrected chi connectivity index (χ2v) is 4.60. The van der Waals surface area contributed by atoms with E-state index in [1.807, 2.05) is 42.9 Å². The molecule has 1 aromatic heterocycles. The van der Waals surface area contributed by atoms with Crippen molar-refractivity contribution in [2.45, 2.75) is 18.7 Å². The summed E-state index contributed by atoms with van der Waals surface area (Å²) in [6.45, 7) is 3.98. The number of benzene rings is 1. The third kappa shape index (κ3) is 1.94. The number of hydrogen-bond donors (Lipinski definition) is 0. The Labute approximate surface area is 105 Å². The minimum atomic E-state index is 0.709. The molecule has 0 radical (unpaired) electrons. The molecule has 0 spiro atoms. The molecule has 2 aromatic rings. The average Bonchev–Trinajstić information content (AvgIpc) is 2.69. The smallest absolute Gasteiger partial charge is 0.103 e. The Kier molecular flexibility index (Phi) is 3.21. The summed E-state index contributed by atoms with van der Waals surface area (Å²) >= 11 is 1.59. The highest BCUT2D eigenvalue weighted by Gasteiger charge is 2.11. The van der Waals surface area contributed by atoms with Crippen LogP contribution in [-0.2, 0) is 0 Å². The maximum absolute atomic E-state index is 9.29. The lowest BCUT2D eigenvalue weighted by Gasteiger charge is -2.10. The predicted octanol–water partition coefficient (Wildman–Crippen LogP) is 3.08. The molecule has 0 amide bonds. The van der Waals surface area contributed by atoms with E-state index in [0.29, 0.717) is 5.56 Å².